The number of hydrogen-bond acceptors (Lipinski definition) is 4. The van der Waals surface area contributed by atoms with E-state index in [0.717, 1.165) is 0 Å². The van der Waals surface area contributed by atoms with Gasteiger partial charge in [-0.05, 0) is 25.8 Å². The maximum atomic E-state index is 12.3. The van der Waals surface area contributed by atoms with E-state index in [9.17, 15) is 18.5 Å². The number of rotatable bonds is 5. The highest BCUT2D eigenvalue weighted by Gasteiger charge is 2.31. The van der Waals surface area contributed by atoms with Crippen LogP contribution in [-0.4, -0.2) is 24.5 Å². The zero-order valence-corrected chi connectivity index (χ0v) is 11.7. The molecule has 0 saturated carbocycles. The summed E-state index contributed by atoms with van der Waals surface area (Å²) in [5.41, 5.74) is 0.00189. The third-order valence-electron chi connectivity index (χ3n) is 2.72. The maximum Gasteiger partial charge on any atom is 0.288 e. The van der Waals surface area contributed by atoms with Crippen molar-refractivity contribution in [3.63, 3.8) is 0 Å². The van der Waals surface area contributed by atoms with E-state index in [1.54, 1.807) is 13.0 Å². The van der Waals surface area contributed by atoms with Gasteiger partial charge in [0.2, 0.25) is 0 Å². The fraction of sp³-hybridized carbons (Fsp3) is 0.455. The second-order valence-corrected chi connectivity index (χ2v) is 6.69. The molecule has 1 aromatic rings. The van der Waals surface area contributed by atoms with E-state index in [-0.39, 0.29) is 22.9 Å². The molecule has 5 nitrogen and oxygen atoms in total. The summed E-state index contributed by atoms with van der Waals surface area (Å²) in [4.78, 5) is 10.0. The van der Waals surface area contributed by atoms with Crippen LogP contribution in [0.2, 0.25) is 0 Å². The lowest BCUT2D eigenvalue weighted by Gasteiger charge is -2.13. The first kappa shape index (κ1) is 14.9. The molecule has 0 aliphatic rings. The largest absolute Gasteiger partial charge is 0.288 e. The molecule has 0 bridgehead atoms. The van der Waals surface area contributed by atoms with Crippen LogP contribution in [0.15, 0.2) is 23.1 Å². The van der Waals surface area contributed by atoms with Gasteiger partial charge in [-0.3, -0.25) is 10.1 Å². The fourth-order valence-corrected chi connectivity index (χ4v) is 3.90. The quantitative estimate of drug-likeness (QED) is 0.475. The molecule has 1 aromatic carbocycles. The van der Waals surface area contributed by atoms with Gasteiger partial charge in [0, 0.05) is 11.9 Å². The van der Waals surface area contributed by atoms with E-state index in [1.165, 1.54) is 19.1 Å². The molecule has 0 fully saturated rings. The molecule has 0 radical (unpaired) electrons. The van der Waals surface area contributed by atoms with Gasteiger partial charge in [0.05, 0.1) is 10.2 Å². The van der Waals surface area contributed by atoms with Gasteiger partial charge >= 0.3 is 0 Å². The van der Waals surface area contributed by atoms with Crippen molar-refractivity contribution in [2.75, 3.05) is 5.88 Å². The summed E-state index contributed by atoms with van der Waals surface area (Å²) in [5, 5.41) is 10.2. The molecular weight excluding hydrogens is 278 g/mol. The van der Waals surface area contributed by atoms with Crippen molar-refractivity contribution in [1.29, 1.82) is 0 Å². The van der Waals surface area contributed by atoms with Gasteiger partial charge in [0.1, 0.15) is 4.90 Å². The highest BCUT2D eigenvalue weighted by atomic mass is 35.5. The van der Waals surface area contributed by atoms with Gasteiger partial charge in [-0.1, -0.05) is 12.1 Å². The van der Waals surface area contributed by atoms with Crippen LogP contribution in [0.25, 0.3) is 0 Å². The summed E-state index contributed by atoms with van der Waals surface area (Å²) in [6.07, 6.45) is 0.259. The standard InChI is InChI=1S/C11H14ClNO4S/c1-8-4-3-5-10(13(14)15)11(8)18(16,17)9(2)6-7-12/h3-5,9H,6-7H2,1-2H3. The van der Waals surface area contributed by atoms with E-state index < -0.39 is 20.0 Å². The Labute approximate surface area is 111 Å². The zero-order valence-electron chi connectivity index (χ0n) is 10.1. The van der Waals surface area contributed by atoms with Gasteiger partial charge in [0.25, 0.3) is 5.69 Å². The normalized spacial score (nSPS) is 13.3. The summed E-state index contributed by atoms with van der Waals surface area (Å²) in [6.45, 7) is 3.06. The maximum absolute atomic E-state index is 12.3. The minimum atomic E-state index is -3.73. The fourth-order valence-electron chi connectivity index (χ4n) is 1.66. The van der Waals surface area contributed by atoms with Crippen LogP contribution in [-0.2, 0) is 9.84 Å². The van der Waals surface area contributed by atoms with Crippen molar-refractivity contribution >= 4 is 27.1 Å². The van der Waals surface area contributed by atoms with E-state index in [0.29, 0.717) is 5.56 Å². The lowest BCUT2D eigenvalue weighted by atomic mass is 10.2. The Balaban J connectivity index is 3.45. The molecule has 0 spiro atoms. The molecule has 0 heterocycles. The van der Waals surface area contributed by atoms with Crippen molar-refractivity contribution < 1.29 is 13.3 Å². The van der Waals surface area contributed by atoms with E-state index in [1.807, 2.05) is 0 Å². The Morgan fingerprint density at radius 3 is 2.56 bits per heavy atom. The van der Waals surface area contributed by atoms with Crippen LogP contribution in [0.4, 0.5) is 5.69 Å². The minimum absolute atomic E-state index is 0.195. The van der Waals surface area contributed by atoms with Gasteiger partial charge < -0.3 is 0 Å². The van der Waals surface area contributed by atoms with Crippen molar-refractivity contribution in [2.24, 2.45) is 0 Å². The molecule has 0 saturated heterocycles. The number of halogens is 1. The molecule has 0 aliphatic heterocycles. The highest BCUT2D eigenvalue weighted by Crippen LogP contribution is 2.30. The number of nitro groups is 1. The molecule has 7 heteroatoms. The van der Waals surface area contributed by atoms with Crippen LogP contribution in [0, 0.1) is 17.0 Å². The number of nitro benzene ring substituents is 1. The summed E-state index contributed by atoms with van der Waals surface area (Å²) < 4.78 is 24.6. The topological polar surface area (TPSA) is 77.3 Å². The van der Waals surface area contributed by atoms with E-state index in [2.05, 4.69) is 0 Å². The van der Waals surface area contributed by atoms with E-state index in [4.69, 9.17) is 11.6 Å². The smallest absolute Gasteiger partial charge is 0.258 e. The molecule has 18 heavy (non-hydrogen) atoms. The van der Waals surface area contributed by atoms with E-state index >= 15 is 0 Å². The Hall–Kier alpha value is -1.14. The Morgan fingerprint density at radius 1 is 1.44 bits per heavy atom. The molecule has 0 amide bonds. The molecule has 1 atom stereocenters. The predicted molar refractivity (Wildman–Crippen MR) is 69.8 cm³/mol. The lowest BCUT2D eigenvalue weighted by Crippen LogP contribution is -2.20. The van der Waals surface area contributed by atoms with Gasteiger partial charge in [-0.2, -0.15) is 0 Å². The van der Waals surface area contributed by atoms with Gasteiger partial charge in [-0.25, -0.2) is 8.42 Å². The molecule has 100 valence electrons. The second kappa shape index (κ2) is 5.67. The summed E-state index contributed by atoms with van der Waals surface area (Å²) in [7, 11) is -3.73. The molecule has 0 aliphatic carbocycles. The van der Waals surface area contributed by atoms with Crippen LogP contribution in [0.1, 0.15) is 18.9 Å². The van der Waals surface area contributed by atoms with Crippen LogP contribution in [0.5, 0.6) is 0 Å². The van der Waals surface area contributed by atoms with Gasteiger partial charge in [0.15, 0.2) is 9.84 Å². The number of aryl methyl sites for hydroxylation is 1. The molecular formula is C11H14ClNO4S. The first-order valence-corrected chi connectivity index (χ1v) is 7.44. The van der Waals surface area contributed by atoms with Crippen LogP contribution in [0.3, 0.4) is 0 Å². The lowest BCUT2D eigenvalue weighted by molar-refractivity contribution is -0.387. The SMILES string of the molecule is Cc1cccc([N+](=O)[O-])c1S(=O)(=O)C(C)CCCl. The summed E-state index contributed by atoms with van der Waals surface area (Å²) in [6, 6.07) is 4.22. The molecule has 0 aromatic heterocycles. The second-order valence-electron chi connectivity index (χ2n) is 4.01. The zero-order chi connectivity index (χ0) is 13.9. The molecule has 1 unspecified atom stereocenters. The monoisotopic (exact) mass is 291 g/mol. The first-order chi connectivity index (χ1) is 8.32. The van der Waals surface area contributed by atoms with Gasteiger partial charge in [-0.15, -0.1) is 11.6 Å². The number of alkyl halides is 1. The average molecular weight is 292 g/mol. The first-order valence-electron chi connectivity index (χ1n) is 5.36. The number of benzene rings is 1. The third-order valence-corrected chi connectivity index (χ3v) is 5.33. The number of sulfone groups is 1. The minimum Gasteiger partial charge on any atom is -0.258 e. The third kappa shape index (κ3) is 2.81. The summed E-state index contributed by atoms with van der Waals surface area (Å²) >= 11 is 5.53. The number of nitrogens with zero attached hydrogens (tertiary/aromatic N) is 1. The Morgan fingerprint density at radius 2 is 2.06 bits per heavy atom. The Bertz CT molecular complexity index is 556. The number of hydrogen-bond donors (Lipinski definition) is 0. The molecule has 1 rings (SSSR count). The summed E-state index contributed by atoms with van der Waals surface area (Å²) in [5.74, 6) is 0.195. The average Bonchev–Trinajstić information content (AvgIpc) is 2.28. The van der Waals surface area contributed by atoms with Crippen molar-refractivity contribution in [2.45, 2.75) is 30.4 Å². The van der Waals surface area contributed by atoms with Crippen molar-refractivity contribution in [1.82, 2.24) is 0 Å². The van der Waals surface area contributed by atoms with Crippen LogP contribution >= 0.6 is 11.6 Å². The highest BCUT2D eigenvalue weighted by molar-refractivity contribution is 7.92. The van der Waals surface area contributed by atoms with Crippen molar-refractivity contribution in [3.05, 3.63) is 33.9 Å². The Kier molecular flexibility index (Phi) is 4.70. The van der Waals surface area contributed by atoms with Crippen molar-refractivity contribution in [3.8, 4) is 0 Å². The van der Waals surface area contributed by atoms with Crippen LogP contribution < -0.4 is 0 Å². The molecule has 0 N–H and O–H groups in total. The predicted octanol–water partition coefficient (Wildman–Crippen LogP) is 2.69.